The molecular weight excluding hydrogens is 256 g/mol. The standard InChI is InChI=1S/C12H16N2OS.ClH/c15-12(10-8-13-9-10)14-6-7-16-11-4-2-1-3-5-11;/h1-5,10,13H,6-9H2,(H,14,15);1H. The Kier molecular flexibility index (Phi) is 6.40. The lowest BCUT2D eigenvalue weighted by molar-refractivity contribution is -0.126. The van der Waals surface area contributed by atoms with Crippen LogP contribution in [0.4, 0.5) is 0 Å². The van der Waals surface area contributed by atoms with Crippen LogP contribution in [0.1, 0.15) is 0 Å². The summed E-state index contributed by atoms with van der Waals surface area (Å²) in [5, 5.41) is 6.05. The Balaban J connectivity index is 0.00000144. The molecule has 2 rings (SSSR count). The first-order chi connectivity index (χ1) is 7.86. The number of benzene rings is 1. The van der Waals surface area contributed by atoms with Gasteiger partial charge in [-0.2, -0.15) is 0 Å². The molecule has 0 saturated carbocycles. The smallest absolute Gasteiger partial charge is 0.225 e. The van der Waals surface area contributed by atoms with Gasteiger partial charge in [0, 0.05) is 30.3 Å². The highest BCUT2D eigenvalue weighted by atomic mass is 35.5. The van der Waals surface area contributed by atoms with Crippen LogP contribution in [-0.2, 0) is 4.79 Å². The zero-order chi connectivity index (χ0) is 11.2. The van der Waals surface area contributed by atoms with Gasteiger partial charge in [-0.3, -0.25) is 4.79 Å². The molecule has 94 valence electrons. The minimum atomic E-state index is 0. The second-order valence-electron chi connectivity index (χ2n) is 3.81. The first-order valence-corrected chi connectivity index (χ1v) is 6.51. The van der Waals surface area contributed by atoms with Crippen molar-refractivity contribution in [3.8, 4) is 0 Å². The van der Waals surface area contributed by atoms with Crippen LogP contribution in [0.3, 0.4) is 0 Å². The molecule has 5 heteroatoms. The Morgan fingerprint density at radius 2 is 2.06 bits per heavy atom. The van der Waals surface area contributed by atoms with E-state index in [2.05, 4.69) is 22.8 Å². The van der Waals surface area contributed by atoms with Gasteiger partial charge in [0.05, 0.1) is 5.92 Å². The number of hydrogen-bond donors (Lipinski definition) is 2. The molecule has 0 atom stereocenters. The second kappa shape index (κ2) is 7.58. The number of carbonyl (C=O) groups is 1. The highest BCUT2D eigenvalue weighted by Crippen LogP contribution is 2.15. The number of hydrogen-bond acceptors (Lipinski definition) is 3. The molecular formula is C12H17ClN2OS. The third-order valence-corrected chi connectivity index (χ3v) is 3.58. The fourth-order valence-electron chi connectivity index (χ4n) is 1.48. The van der Waals surface area contributed by atoms with Crippen molar-refractivity contribution in [2.45, 2.75) is 4.90 Å². The van der Waals surface area contributed by atoms with Crippen LogP contribution in [0.5, 0.6) is 0 Å². The lowest BCUT2D eigenvalue weighted by atomic mass is 10.0. The van der Waals surface area contributed by atoms with Crippen LogP contribution in [0.15, 0.2) is 35.2 Å². The van der Waals surface area contributed by atoms with Crippen molar-refractivity contribution in [2.75, 3.05) is 25.4 Å². The molecule has 0 radical (unpaired) electrons. The topological polar surface area (TPSA) is 41.1 Å². The summed E-state index contributed by atoms with van der Waals surface area (Å²) >= 11 is 1.77. The fraction of sp³-hybridized carbons (Fsp3) is 0.417. The zero-order valence-corrected chi connectivity index (χ0v) is 11.2. The maximum atomic E-state index is 11.5. The molecule has 1 heterocycles. The molecule has 0 aliphatic carbocycles. The van der Waals surface area contributed by atoms with Gasteiger partial charge < -0.3 is 10.6 Å². The van der Waals surface area contributed by atoms with Crippen molar-refractivity contribution < 1.29 is 4.79 Å². The van der Waals surface area contributed by atoms with E-state index in [1.165, 1.54) is 4.90 Å². The van der Waals surface area contributed by atoms with E-state index in [0.29, 0.717) is 0 Å². The van der Waals surface area contributed by atoms with E-state index < -0.39 is 0 Å². The molecule has 1 amide bonds. The van der Waals surface area contributed by atoms with Crippen LogP contribution >= 0.6 is 24.2 Å². The summed E-state index contributed by atoms with van der Waals surface area (Å²) < 4.78 is 0. The second-order valence-corrected chi connectivity index (χ2v) is 4.98. The monoisotopic (exact) mass is 272 g/mol. The molecule has 1 fully saturated rings. The van der Waals surface area contributed by atoms with Crippen LogP contribution in [0.25, 0.3) is 0 Å². The Labute approximate surface area is 112 Å². The summed E-state index contributed by atoms with van der Waals surface area (Å²) in [6.45, 7) is 2.41. The van der Waals surface area contributed by atoms with Gasteiger partial charge in [0.15, 0.2) is 0 Å². The lowest BCUT2D eigenvalue weighted by Gasteiger charge is -2.25. The predicted molar refractivity (Wildman–Crippen MR) is 73.8 cm³/mol. The summed E-state index contributed by atoms with van der Waals surface area (Å²) in [5.74, 6) is 1.31. The van der Waals surface area contributed by atoms with Gasteiger partial charge in [-0.15, -0.1) is 24.2 Å². The average Bonchev–Trinajstić information content (AvgIpc) is 2.23. The van der Waals surface area contributed by atoms with Gasteiger partial charge in [0.25, 0.3) is 0 Å². The van der Waals surface area contributed by atoms with E-state index >= 15 is 0 Å². The molecule has 1 saturated heterocycles. The van der Waals surface area contributed by atoms with Crippen molar-refractivity contribution in [1.29, 1.82) is 0 Å². The molecule has 1 aliphatic heterocycles. The van der Waals surface area contributed by atoms with Crippen LogP contribution < -0.4 is 10.6 Å². The molecule has 0 spiro atoms. The number of rotatable bonds is 5. The van der Waals surface area contributed by atoms with E-state index in [4.69, 9.17) is 0 Å². The number of thioether (sulfide) groups is 1. The lowest BCUT2D eigenvalue weighted by Crippen LogP contribution is -2.51. The van der Waals surface area contributed by atoms with E-state index in [-0.39, 0.29) is 24.2 Å². The Morgan fingerprint density at radius 1 is 1.35 bits per heavy atom. The molecule has 1 aromatic rings. The maximum Gasteiger partial charge on any atom is 0.225 e. The van der Waals surface area contributed by atoms with Crippen LogP contribution in [0, 0.1) is 5.92 Å². The highest BCUT2D eigenvalue weighted by Gasteiger charge is 2.23. The van der Waals surface area contributed by atoms with Crippen molar-refractivity contribution in [3.05, 3.63) is 30.3 Å². The SMILES string of the molecule is Cl.O=C(NCCSc1ccccc1)C1CNC1. The average molecular weight is 273 g/mol. The quantitative estimate of drug-likeness (QED) is 0.631. The van der Waals surface area contributed by atoms with Gasteiger partial charge >= 0.3 is 0 Å². The molecule has 2 N–H and O–H groups in total. The number of halogens is 1. The Bertz CT molecular complexity index is 344. The van der Waals surface area contributed by atoms with Crippen LogP contribution in [0.2, 0.25) is 0 Å². The van der Waals surface area contributed by atoms with Gasteiger partial charge in [0.1, 0.15) is 0 Å². The van der Waals surface area contributed by atoms with E-state index in [1.807, 2.05) is 18.2 Å². The normalized spacial score (nSPS) is 14.6. The maximum absolute atomic E-state index is 11.5. The molecule has 0 aromatic heterocycles. The summed E-state index contributed by atoms with van der Waals surface area (Å²) in [5.41, 5.74) is 0. The predicted octanol–water partition coefficient (Wildman–Crippen LogP) is 1.54. The van der Waals surface area contributed by atoms with Gasteiger partial charge in [-0.1, -0.05) is 18.2 Å². The van der Waals surface area contributed by atoms with Gasteiger partial charge in [-0.05, 0) is 12.1 Å². The largest absolute Gasteiger partial charge is 0.355 e. The Hall–Kier alpha value is -0.710. The summed E-state index contributed by atoms with van der Waals surface area (Å²) in [7, 11) is 0. The number of carbonyl (C=O) groups excluding carboxylic acids is 1. The number of nitrogens with one attached hydrogen (secondary N) is 2. The molecule has 3 nitrogen and oxygen atoms in total. The fourth-order valence-corrected chi connectivity index (χ4v) is 2.27. The highest BCUT2D eigenvalue weighted by molar-refractivity contribution is 7.99. The minimum Gasteiger partial charge on any atom is -0.355 e. The third kappa shape index (κ3) is 4.58. The van der Waals surface area contributed by atoms with Gasteiger partial charge in [0.2, 0.25) is 5.91 Å². The van der Waals surface area contributed by atoms with Crippen molar-refractivity contribution in [3.63, 3.8) is 0 Å². The first kappa shape index (κ1) is 14.4. The van der Waals surface area contributed by atoms with Gasteiger partial charge in [-0.25, -0.2) is 0 Å². The molecule has 1 aliphatic rings. The number of amides is 1. The molecule has 0 unspecified atom stereocenters. The van der Waals surface area contributed by atoms with E-state index in [1.54, 1.807) is 11.8 Å². The third-order valence-electron chi connectivity index (χ3n) is 2.57. The van der Waals surface area contributed by atoms with Crippen molar-refractivity contribution in [2.24, 2.45) is 5.92 Å². The first-order valence-electron chi connectivity index (χ1n) is 5.52. The Morgan fingerprint density at radius 3 is 2.65 bits per heavy atom. The summed E-state index contributed by atoms with van der Waals surface area (Å²) in [4.78, 5) is 12.7. The van der Waals surface area contributed by atoms with Crippen molar-refractivity contribution in [1.82, 2.24) is 10.6 Å². The van der Waals surface area contributed by atoms with Crippen molar-refractivity contribution >= 4 is 30.1 Å². The summed E-state index contributed by atoms with van der Waals surface area (Å²) in [6, 6.07) is 10.2. The van der Waals surface area contributed by atoms with E-state index in [0.717, 1.165) is 25.4 Å². The molecule has 1 aromatic carbocycles. The van der Waals surface area contributed by atoms with E-state index in [9.17, 15) is 4.79 Å². The minimum absolute atomic E-state index is 0. The van der Waals surface area contributed by atoms with Crippen LogP contribution in [-0.4, -0.2) is 31.3 Å². The molecule has 17 heavy (non-hydrogen) atoms. The molecule has 0 bridgehead atoms. The summed E-state index contributed by atoms with van der Waals surface area (Å²) in [6.07, 6.45) is 0. The zero-order valence-electron chi connectivity index (χ0n) is 9.52.